The topological polar surface area (TPSA) is 64.0 Å². The maximum atomic E-state index is 5.94. The molecule has 0 saturated carbocycles. The van der Waals surface area contributed by atoms with E-state index in [1.54, 1.807) is 18.7 Å². The molecular weight excluding hydrogens is 278 g/mol. The van der Waals surface area contributed by atoms with Crippen molar-refractivity contribution in [2.24, 2.45) is 0 Å². The highest BCUT2D eigenvalue weighted by molar-refractivity contribution is 5.47. The van der Waals surface area contributed by atoms with Crippen molar-refractivity contribution in [2.75, 3.05) is 18.0 Å². The normalized spacial score (nSPS) is 15.9. The summed E-state index contributed by atoms with van der Waals surface area (Å²) < 4.78 is 5.94. The monoisotopic (exact) mass is 299 g/mol. The van der Waals surface area contributed by atoms with Gasteiger partial charge in [0.25, 0.3) is 0 Å². The van der Waals surface area contributed by atoms with Crippen LogP contribution in [-0.2, 0) is 0 Å². The predicted octanol–water partition coefficient (Wildman–Crippen LogP) is 2.24. The van der Waals surface area contributed by atoms with Gasteiger partial charge in [-0.25, -0.2) is 15.0 Å². The molecule has 0 spiro atoms. The Labute approximate surface area is 130 Å². The number of aryl methyl sites for hydroxylation is 2. The number of nitrogens with zero attached hydrogens (tertiary/aromatic N) is 5. The summed E-state index contributed by atoms with van der Waals surface area (Å²) in [5, 5.41) is 0. The molecule has 6 nitrogen and oxygen atoms in total. The second-order valence-corrected chi connectivity index (χ2v) is 5.71. The summed E-state index contributed by atoms with van der Waals surface area (Å²) in [6.07, 6.45) is 7.15. The molecule has 3 rings (SSSR count). The first kappa shape index (κ1) is 14.7. The first-order chi connectivity index (χ1) is 10.6. The number of rotatable bonds is 3. The van der Waals surface area contributed by atoms with Gasteiger partial charge in [-0.15, -0.1) is 0 Å². The van der Waals surface area contributed by atoms with Gasteiger partial charge >= 0.3 is 0 Å². The van der Waals surface area contributed by atoms with Crippen LogP contribution in [0.3, 0.4) is 0 Å². The van der Waals surface area contributed by atoms with E-state index < -0.39 is 0 Å². The fraction of sp³-hybridized carbons (Fsp3) is 0.500. The summed E-state index contributed by atoms with van der Waals surface area (Å²) in [6.45, 7) is 7.88. The van der Waals surface area contributed by atoms with E-state index in [2.05, 4.69) is 31.8 Å². The number of aromatic nitrogens is 4. The van der Waals surface area contributed by atoms with Crippen LogP contribution in [0.25, 0.3) is 0 Å². The SMILES string of the molecule is Cc1cncc(OC2CCN(c3ncnc(C)c3C)CC2)n1. The van der Waals surface area contributed by atoms with Gasteiger partial charge in [0.1, 0.15) is 18.2 Å². The Kier molecular flexibility index (Phi) is 4.18. The molecular formula is C16H21N5O. The van der Waals surface area contributed by atoms with Gasteiger partial charge in [0.05, 0.1) is 11.9 Å². The minimum absolute atomic E-state index is 0.190. The Bertz CT molecular complexity index is 653. The van der Waals surface area contributed by atoms with Gasteiger partial charge in [0.15, 0.2) is 0 Å². The van der Waals surface area contributed by atoms with Gasteiger partial charge < -0.3 is 9.64 Å². The van der Waals surface area contributed by atoms with Gasteiger partial charge in [0, 0.05) is 43.4 Å². The standard InChI is InChI=1S/C16H21N5O/c1-11-8-17-9-15(20-11)22-14-4-6-21(7-5-14)16-12(2)13(3)18-10-19-16/h8-10,14H,4-7H2,1-3H3. The lowest BCUT2D eigenvalue weighted by molar-refractivity contribution is 0.163. The highest BCUT2D eigenvalue weighted by Crippen LogP contribution is 2.24. The van der Waals surface area contributed by atoms with Crippen molar-refractivity contribution in [3.05, 3.63) is 35.7 Å². The van der Waals surface area contributed by atoms with Gasteiger partial charge in [-0.3, -0.25) is 4.98 Å². The van der Waals surface area contributed by atoms with Crippen molar-refractivity contribution < 1.29 is 4.74 Å². The number of hydrogen-bond acceptors (Lipinski definition) is 6. The molecule has 1 fully saturated rings. The van der Waals surface area contributed by atoms with Crippen LogP contribution < -0.4 is 9.64 Å². The van der Waals surface area contributed by atoms with E-state index in [-0.39, 0.29) is 6.10 Å². The molecule has 2 aromatic heterocycles. The third-order valence-corrected chi connectivity index (χ3v) is 4.07. The lowest BCUT2D eigenvalue weighted by atomic mass is 10.1. The molecule has 6 heteroatoms. The lowest BCUT2D eigenvalue weighted by Crippen LogP contribution is -2.39. The summed E-state index contributed by atoms with van der Waals surface area (Å²) in [5.41, 5.74) is 3.08. The summed E-state index contributed by atoms with van der Waals surface area (Å²) in [5.74, 6) is 1.66. The molecule has 3 heterocycles. The Morgan fingerprint density at radius 2 is 1.86 bits per heavy atom. The molecule has 0 amide bonds. The molecule has 0 unspecified atom stereocenters. The van der Waals surface area contributed by atoms with Gasteiger partial charge in [-0.05, 0) is 20.8 Å². The van der Waals surface area contributed by atoms with Crippen molar-refractivity contribution >= 4 is 5.82 Å². The zero-order valence-electron chi connectivity index (χ0n) is 13.3. The van der Waals surface area contributed by atoms with Crippen LogP contribution in [0.1, 0.15) is 29.8 Å². The second-order valence-electron chi connectivity index (χ2n) is 5.71. The molecule has 0 bridgehead atoms. The molecule has 0 N–H and O–H groups in total. The first-order valence-electron chi connectivity index (χ1n) is 7.62. The number of piperidine rings is 1. The van der Waals surface area contributed by atoms with Crippen LogP contribution in [0.2, 0.25) is 0 Å². The minimum Gasteiger partial charge on any atom is -0.473 e. The Morgan fingerprint density at radius 1 is 1.09 bits per heavy atom. The molecule has 0 radical (unpaired) electrons. The second kappa shape index (κ2) is 6.25. The Hall–Kier alpha value is -2.24. The van der Waals surface area contributed by atoms with E-state index in [1.165, 1.54) is 0 Å². The summed E-state index contributed by atoms with van der Waals surface area (Å²) in [4.78, 5) is 19.5. The molecule has 1 saturated heterocycles. The number of hydrogen-bond donors (Lipinski definition) is 0. The van der Waals surface area contributed by atoms with Crippen molar-refractivity contribution in [1.82, 2.24) is 19.9 Å². The molecule has 22 heavy (non-hydrogen) atoms. The Morgan fingerprint density at radius 3 is 2.59 bits per heavy atom. The summed E-state index contributed by atoms with van der Waals surface area (Å²) in [6, 6.07) is 0. The molecule has 2 aromatic rings. The van der Waals surface area contributed by atoms with Crippen molar-refractivity contribution in [2.45, 2.75) is 39.7 Å². The largest absolute Gasteiger partial charge is 0.473 e. The molecule has 0 aromatic carbocycles. The lowest BCUT2D eigenvalue weighted by Gasteiger charge is -2.33. The van der Waals surface area contributed by atoms with Crippen LogP contribution in [0.4, 0.5) is 5.82 Å². The van der Waals surface area contributed by atoms with Crippen molar-refractivity contribution in [3.63, 3.8) is 0 Å². The third kappa shape index (κ3) is 3.16. The average Bonchev–Trinajstić information content (AvgIpc) is 2.51. The Balaban J connectivity index is 1.62. The molecule has 0 aliphatic carbocycles. The van der Waals surface area contributed by atoms with Crippen LogP contribution in [0, 0.1) is 20.8 Å². The fourth-order valence-corrected chi connectivity index (χ4v) is 2.70. The maximum Gasteiger partial charge on any atom is 0.232 e. The van der Waals surface area contributed by atoms with Gasteiger partial charge in [-0.1, -0.05) is 0 Å². The van der Waals surface area contributed by atoms with E-state index in [0.29, 0.717) is 5.88 Å². The van der Waals surface area contributed by atoms with E-state index in [4.69, 9.17) is 4.74 Å². The molecule has 116 valence electrons. The highest BCUT2D eigenvalue weighted by atomic mass is 16.5. The van der Waals surface area contributed by atoms with E-state index in [0.717, 1.165) is 48.7 Å². The zero-order valence-corrected chi connectivity index (χ0v) is 13.3. The quantitative estimate of drug-likeness (QED) is 0.866. The first-order valence-corrected chi connectivity index (χ1v) is 7.62. The molecule has 1 aliphatic heterocycles. The number of ether oxygens (including phenoxy) is 1. The van der Waals surface area contributed by atoms with Crippen molar-refractivity contribution in [3.8, 4) is 5.88 Å². The van der Waals surface area contributed by atoms with E-state index in [9.17, 15) is 0 Å². The maximum absolute atomic E-state index is 5.94. The molecule has 1 aliphatic rings. The average molecular weight is 299 g/mol. The summed E-state index contributed by atoms with van der Waals surface area (Å²) in [7, 11) is 0. The highest BCUT2D eigenvalue weighted by Gasteiger charge is 2.23. The van der Waals surface area contributed by atoms with E-state index in [1.807, 2.05) is 13.8 Å². The molecule has 0 atom stereocenters. The minimum atomic E-state index is 0.190. The number of anilines is 1. The van der Waals surface area contributed by atoms with Gasteiger partial charge in [0.2, 0.25) is 5.88 Å². The van der Waals surface area contributed by atoms with Crippen LogP contribution in [0.15, 0.2) is 18.7 Å². The predicted molar refractivity (Wildman–Crippen MR) is 84.1 cm³/mol. The zero-order chi connectivity index (χ0) is 15.5. The van der Waals surface area contributed by atoms with Crippen LogP contribution >= 0.6 is 0 Å². The van der Waals surface area contributed by atoms with Crippen LogP contribution in [-0.4, -0.2) is 39.1 Å². The van der Waals surface area contributed by atoms with E-state index >= 15 is 0 Å². The third-order valence-electron chi connectivity index (χ3n) is 4.07. The van der Waals surface area contributed by atoms with Gasteiger partial charge in [-0.2, -0.15) is 0 Å². The van der Waals surface area contributed by atoms with Crippen LogP contribution in [0.5, 0.6) is 5.88 Å². The fourth-order valence-electron chi connectivity index (χ4n) is 2.70. The smallest absolute Gasteiger partial charge is 0.232 e. The summed E-state index contributed by atoms with van der Waals surface area (Å²) >= 11 is 0. The van der Waals surface area contributed by atoms with Crippen molar-refractivity contribution in [1.29, 1.82) is 0 Å².